The van der Waals surface area contributed by atoms with Gasteiger partial charge < -0.3 is 5.32 Å². The lowest BCUT2D eigenvalue weighted by molar-refractivity contribution is 0.251. The first-order chi connectivity index (χ1) is 9.56. The van der Waals surface area contributed by atoms with E-state index < -0.39 is 0 Å². The molecule has 2 heterocycles. The van der Waals surface area contributed by atoms with E-state index in [1.807, 2.05) is 23.1 Å². The molecule has 1 aliphatic carbocycles. The number of hydrogen-bond acceptors (Lipinski definition) is 3. The summed E-state index contributed by atoms with van der Waals surface area (Å²) in [5.41, 5.74) is 1.76. The Bertz CT molecular complexity index is 491. The van der Waals surface area contributed by atoms with Gasteiger partial charge in [-0.15, -0.1) is 11.3 Å². The van der Waals surface area contributed by atoms with Crippen molar-refractivity contribution in [3.8, 4) is 0 Å². The molecule has 20 heavy (non-hydrogen) atoms. The van der Waals surface area contributed by atoms with Crippen molar-refractivity contribution >= 4 is 28.3 Å². The first kappa shape index (κ1) is 14.5. The molecule has 1 aromatic rings. The standard InChI is InChI=1S/C16H24N2S2/c1-11-4-6-16(7-5-11)10-19-15(18-16)17-9-14-8-12(2)13(3)20-14/h8,11H,4-7,9-10H2,1-3H3,(H,17,18). The number of aliphatic imine (C=N–C) groups is 1. The molecule has 2 aliphatic rings. The number of thiophene rings is 1. The summed E-state index contributed by atoms with van der Waals surface area (Å²) in [5, 5.41) is 4.91. The Hall–Kier alpha value is -0.480. The highest BCUT2D eigenvalue weighted by Gasteiger charge is 2.39. The molecule has 4 heteroatoms. The van der Waals surface area contributed by atoms with Crippen LogP contribution in [-0.2, 0) is 6.54 Å². The molecule has 3 rings (SSSR count). The van der Waals surface area contributed by atoms with Gasteiger partial charge in [0.05, 0.1) is 6.54 Å². The number of thioether (sulfide) groups is 1. The van der Waals surface area contributed by atoms with E-state index in [9.17, 15) is 0 Å². The van der Waals surface area contributed by atoms with Crippen LogP contribution in [0.3, 0.4) is 0 Å². The summed E-state index contributed by atoms with van der Waals surface area (Å²) < 4.78 is 0. The number of nitrogens with one attached hydrogen (secondary N) is 1. The minimum atomic E-state index is 0.358. The maximum Gasteiger partial charge on any atom is 0.157 e. The summed E-state index contributed by atoms with van der Waals surface area (Å²) in [6, 6.07) is 2.28. The summed E-state index contributed by atoms with van der Waals surface area (Å²) in [6.07, 6.45) is 5.36. The largest absolute Gasteiger partial charge is 0.359 e. The van der Waals surface area contributed by atoms with E-state index in [0.29, 0.717) is 5.54 Å². The second kappa shape index (κ2) is 5.72. The van der Waals surface area contributed by atoms with Crippen LogP contribution >= 0.6 is 23.1 Å². The fourth-order valence-corrected chi connectivity index (χ4v) is 5.25. The van der Waals surface area contributed by atoms with E-state index >= 15 is 0 Å². The van der Waals surface area contributed by atoms with Crippen LogP contribution in [0.2, 0.25) is 0 Å². The molecule has 1 saturated heterocycles. The number of amidine groups is 1. The SMILES string of the molecule is Cc1cc(CN=C2NC3(CCC(C)CC3)CS2)sc1C. The molecule has 1 saturated carbocycles. The van der Waals surface area contributed by atoms with Crippen molar-refractivity contribution in [2.45, 2.75) is 58.5 Å². The lowest BCUT2D eigenvalue weighted by atomic mass is 9.78. The monoisotopic (exact) mass is 308 g/mol. The molecule has 0 atom stereocenters. The number of nitrogens with zero attached hydrogens (tertiary/aromatic N) is 1. The van der Waals surface area contributed by atoms with Gasteiger partial charge >= 0.3 is 0 Å². The summed E-state index contributed by atoms with van der Waals surface area (Å²) >= 11 is 3.80. The van der Waals surface area contributed by atoms with E-state index in [2.05, 4.69) is 32.2 Å². The van der Waals surface area contributed by atoms with Crippen molar-refractivity contribution in [1.82, 2.24) is 5.32 Å². The normalized spacial score (nSPS) is 31.9. The first-order valence-corrected chi connectivity index (χ1v) is 9.38. The Labute approximate surface area is 130 Å². The Morgan fingerprint density at radius 3 is 2.75 bits per heavy atom. The van der Waals surface area contributed by atoms with Crippen molar-refractivity contribution in [2.75, 3.05) is 5.75 Å². The molecule has 0 amide bonds. The Balaban J connectivity index is 1.60. The van der Waals surface area contributed by atoms with Crippen molar-refractivity contribution in [1.29, 1.82) is 0 Å². The molecule has 110 valence electrons. The predicted molar refractivity (Wildman–Crippen MR) is 90.9 cm³/mol. The summed E-state index contributed by atoms with van der Waals surface area (Å²) in [6.45, 7) is 7.59. The van der Waals surface area contributed by atoms with Gasteiger partial charge in [-0.25, -0.2) is 0 Å². The third kappa shape index (κ3) is 3.06. The Kier molecular flexibility index (Phi) is 4.14. The second-order valence-electron chi connectivity index (χ2n) is 6.45. The summed E-state index contributed by atoms with van der Waals surface area (Å²) in [5.74, 6) is 2.12. The molecule has 1 spiro atoms. The molecule has 0 radical (unpaired) electrons. The summed E-state index contributed by atoms with van der Waals surface area (Å²) in [7, 11) is 0. The van der Waals surface area contributed by atoms with Gasteiger partial charge in [0.2, 0.25) is 0 Å². The van der Waals surface area contributed by atoms with Crippen LogP contribution in [0.25, 0.3) is 0 Å². The lowest BCUT2D eigenvalue weighted by Crippen LogP contribution is -2.46. The van der Waals surface area contributed by atoms with Gasteiger partial charge in [-0.2, -0.15) is 0 Å². The molecule has 1 aromatic heterocycles. The van der Waals surface area contributed by atoms with Crippen LogP contribution in [0.5, 0.6) is 0 Å². The molecule has 0 aromatic carbocycles. The molecular formula is C16H24N2S2. The predicted octanol–water partition coefficient (Wildman–Crippen LogP) is 4.51. The van der Waals surface area contributed by atoms with E-state index in [-0.39, 0.29) is 0 Å². The Morgan fingerprint density at radius 1 is 1.35 bits per heavy atom. The fourth-order valence-electron chi connectivity index (χ4n) is 3.05. The smallest absolute Gasteiger partial charge is 0.157 e. The zero-order chi connectivity index (χ0) is 14.2. The van der Waals surface area contributed by atoms with Crippen LogP contribution in [0.4, 0.5) is 0 Å². The highest BCUT2D eigenvalue weighted by molar-refractivity contribution is 8.14. The maximum atomic E-state index is 4.80. The van der Waals surface area contributed by atoms with Gasteiger partial charge in [0, 0.05) is 21.0 Å². The number of aryl methyl sites for hydroxylation is 2. The van der Waals surface area contributed by atoms with Crippen LogP contribution < -0.4 is 5.32 Å². The second-order valence-corrected chi connectivity index (χ2v) is 8.75. The third-order valence-electron chi connectivity index (χ3n) is 4.68. The molecular weight excluding hydrogens is 284 g/mol. The molecule has 2 nitrogen and oxygen atoms in total. The molecule has 1 aliphatic heterocycles. The van der Waals surface area contributed by atoms with Crippen molar-refractivity contribution < 1.29 is 0 Å². The van der Waals surface area contributed by atoms with E-state index in [1.54, 1.807) is 0 Å². The summed E-state index contributed by atoms with van der Waals surface area (Å²) in [4.78, 5) is 7.60. The van der Waals surface area contributed by atoms with Gasteiger partial charge in [0.25, 0.3) is 0 Å². The molecule has 2 fully saturated rings. The molecule has 1 N–H and O–H groups in total. The zero-order valence-corrected chi connectivity index (χ0v) is 14.3. The van der Waals surface area contributed by atoms with Gasteiger partial charge in [-0.05, 0) is 57.1 Å². The van der Waals surface area contributed by atoms with Crippen LogP contribution in [-0.4, -0.2) is 16.5 Å². The average Bonchev–Trinajstić information content (AvgIpc) is 2.97. The van der Waals surface area contributed by atoms with Crippen molar-refractivity contribution in [2.24, 2.45) is 10.9 Å². The molecule has 0 bridgehead atoms. The number of rotatable bonds is 2. The van der Waals surface area contributed by atoms with Gasteiger partial charge in [-0.1, -0.05) is 18.7 Å². The van der Waals surface area contributed by atoms with Crippen LogP contribution in [0.15, 0.2) is 11.1 Å². The van der Waals surface area contributed by atoms with E-state index in [1.165, 1.54) is 51.9 Å². The highest BCUT2D eigenvalue weighted by Crippen LogP contribution is 2.38. The first-order valence-electron chi connectivity index (χ1n) is 7.58. The topological polar surface area (TPSA) is 24.4 Å². The zero-order valence-electron chi connectivity index (χ0n) is 12.7. The van der Waals surface area contributed by atoms with Crippen molar-refractivity contribution in [3.63, 3.8) is 0 Å². The van der Waals surface area contributed by atoms with Crippen molar-refractivity contribution in [3.05, 3.63) is 21.4 Å². The lowest BCUT2D eigenvalue weighted by Gasteiger charge is -2.35. The van der Waals surface area contributed by atoms with E-state index in [4.69, 9.17) is 4.99 Å². The van der Waals surface area contributed by atoms with E-state index in [0.717, 1.165) is 12.5 Å². The van der Waals surface area contributed by atoms with Crippen LogP contribution in [0.1, 0.15) is 47.9 Å². The quantitative estimate of drug-likeness (QED) is 0.869. The van der Waals surface area contributed by atoms with Gasteiger partial charge in [0.15, 0.2) is 5.17 Å². The number of hydrogen-bond donors (Lipinski definition) is 1. The minimum Gasteiger partial charge on any atom is -0.359 e. The molecule has 0 unspecified atom stereocenters. The highest BCUT2D eigenvalue weighted by atomic mass is 32.2. The average molecular weight is 309 g/mol. The fraction of sp³-hybridized carbons (Fsp3) is 0.688. The third-order valence-corrected chi connectivity index (χ3v) is 7.02. The Morgan fingerprint density at radius 2 is 2.10 bits per heavy atom. The van der Waals surface area contributed by atoms with Gasteiger partial charge in [-0.3, -0.25) is 4.99 Å². The maximum absolute atomic E-state index is 4.80. The van der Waals surface area contributed by atoms with Crippen LogP contribution in [0, 0.1) is 19.8 Å². The minimum absolute atomic E-state index is 0.358. The van der Waals surface area contributed by atoms with Gasteiger partial charge in [0.1, 0.15) is 0 Å².